The maximum absolute atomic E-state index is 13.5. The van der Waals surface area contributed by atoms with Crippen LogP contribution in [0.2, 0.25) is 20.1 Å². The lowest BCUT2D eigenvalue weighted by Crippen LogP contribution is -2.44. The van der Waals surface area contributed by atoms with E-state index in [0.717, 1.165) is 37.1 Å². The molecule has 2 fully saturated rings. The summed E-state index contributed by atoms with van der Waals surface area (Å²) in [5, 5.41) is 14.2. The molecule has 0 bridgehead atoms. The topological polar surface area (TPSA) is 191 Å². The normalized spacial score (nSPS) is 17.3. The van der Waals surface area contributed by atoms with Crippen molar-refractivity contribution in [2.24, 2.45) is 29.6 Å². The highest BCUT2D eigenvalue weighted by atomic mass is 35.5. The average Bonchev–Trinajstić information content (AvgIpc) is 1.25. The van der Waals surface area contributed by atoms with Crippen LogP contribution in [-0.2, 0) is 41.5 Å². The number of nitrogens with one attached hydrogen (secondary N) is 5. The molecule has 6 aromatic carbocycles. The van der Waals surface area contributed by atoms with Gasteiger partial charge in [-0.15, -0.1) is 0 Å². The molecule has 0 spiro atoms. The maximum atomic E-state index is 13.5. The van der Waals surface area contributed by atoms with E-state index in [9.17, 15) is 46.3 Å². The van der Waals surface area contributed by atoms with Crippen molar-refractivity contribution in [2.75, 3.05) is 90.5 Å². The molecule has 0 aliphatic carbocycles. The highest BCUT2D eigenvalue weighted by molar-refractivity contribution is 6.31. The van der Waals surface area contributed by atoms with Crippen LogP contribution in [0.3, 0.4) is 0 Å². The summed E-state index contributed by atoms with van der Waals surface area (Å²) in [7, 11) is 0. The van der Waals surface area contributed by atoms with Crippen LogP contribution in [0.1, 0.15) is 70.9 Å². The Morgan fingerprint density at radius 3 is 1.37 bits per heavy atom. The van der Waals surface area contributed by atoms with E-state index >= 15 is 0 Å². The second kappa shape index (κ2) is 34.6. The monoisotopic (exact) mass is 1330 g/mol. The number of piperidine rings is 2. The van der Waals surface area contributed by atoms with Gasteiger partial charge in [0.2, 0.25) is 23.6 Å². The number of amides is 6. The van der Waals surface area contributed by atoms with Gasteiger partial charge in [0.25, 0.3) is 0 Å². The summed E-state index contributed by atoms with van der Waals surface area (Å²) in [6, 6.07) is 32.8. The summed E-state index contributed by atoms with van der Waals surface area (Å²) in [5.41, 5.74) is 6.09. The van der Waals surface area contributed by atoms with Gasteiger partial charge in [0, 0.05) is 79.9 Å². The fourth-order valence-electron chi connectivity index (χ4n) is 10.4. The highest BCUT2D eigenvalue weighted by Gasteiger charge is 2.32. The molecule has 6 aromatic rings. The van der Waals surface area contributed by atoms with Gasteiger partial charge in [0.05, 0.1) is 57.0 Å². The van der Waals surface area contributed by atoms with Gasteiger partial charge in [-0.3, -0.25) is 19.2 Å². The van der Waals surface area contributed by atoms with Crippen LogP contribution in [-0.4, -0.2) is 105 Å². The Labute approximate surface area is 547 Å². The lowest BCUT2D eigenvalue weighted by Gasteiger charge is -2.34. The van der Waals surface area contributed by atoms with Crippen molar-refractivity contribution in [2.45, 2.75) is 72.6 Å². The Bertz CT molecular complexity index is 3520. The first-order valence-electron chi connectivity index (χ1n) is 30.1. The number of likely N-dealkylation sites (tertiary alicyclic amines) is 2. The third kappa shape index (κ3) is 21.1. The lowest BCUT2D eigenvalue weighted by atomic mass is 9.91. The number of nitrogens with zero attached hydrogens (tertiary/aromatic N) is 3. The first-order chi connectivity index (χ1) is 43.6. The number of para-hydroxylation sites is 2. The minimum atomic E-state index is -0.586. The molecule has 4 aliphatic rings. The van der Waals surface area contributed by atoms with E-state index in [2.05, 4.69) is 50.5 Å². The molecular weight excluding hydrogens is 1260 g/mol. The first-order valence-corrected chi connectivity index (χ1v) is 31.6. The third-order valence-electron chi connectivity index (χ3n) is 15.2. The van der Waals surface area contributed by atoms with E-state index in [4.69, 9.17) is 55.9 Å². The number of halogens is 8. The van der Waals surface area contributed by atoms with E-state index in [-0.39, 0.29) is 79.4 Å². The van der Waals surface area contributed by atoms with Crippen LogP contribution >= 0.6 is 46.4 Å². The summed E-state index contributed by atoms with van der Waals surface area (Å²) in [4.78, 5) is 78.7. The molecule has 91 heavy (non-hydrogen) atoms. The molecule has 6 amide bonds. The molecule has 0 aromatic heterocycles. The number of anilines is 6. The van der Waals surface area contributed by atoms with E-state index in [1.54, 1.807) is 34.1 Å². The smallest absolute Gasteiger partial charge is 0.409 e. The standard InChI is InChI=1S/C18H18ClFN2O.C17H22ClFN2O3.C16H20ClFN2O3.C16H14ClFN2O/c1-2-22-11-13(9-12-5-3-4-6-17(12)22)18(23)21-14-7-8-15(19)16(20)10-14;1-11(2)10-24-17(23)21-7-3-4-12(9-21)16(22)20-13-5-6-14(18)15(19)8-13;1-2-8-23-16(22)20-7-3-4-11(10-20)15(21)19-12-5-6-13(17)14(18)9-12;17-13-6-5-12(8-14(13)18)20-16(21)11-7-10-3-1-2-4-15(10)19-9-11/h3-8,10,13H,2,9,11H2,1H3,(H,21,23);5-6,8,11-12H,3-4,7,9-10H2,1-2H3,(H,20,22);5-6,9,11H,2-4,7-8,10H2,1H3,(H,19,21);1-6,8,11,19H,7,9H2,(H,20,21). The summed E-state index contributed by atoms with van der Waals surface area (Å²) >= 11 is 22.5. The van der Waals surface area contributed by atoms with Gasteiger partial charge in [-0.1, -0.05) is 104 Å². The van der Waals surface area contributed by atoms with Crippen LogP contribution in [0.15, 0.2) is 121 Å². The zero-order chi connectivity index (χ0) is 65.7. The summed E-state index contributed by atoms with van der Waals surface area (Å²) in [6.45, 7) is 12.5. The molecule has 16 nitrogen and oxygen atoms in total. The van der Waals surface area contributed by atoms with Crippen LogP contribution in [0.4, 0.5) is 61.3 Å². The van der Waals surface area contributed by atoms with Gasteiger partial charge >= 0.3 is 12.2 Å². The summed E-state index contributed by atoms with van der Waals surface area (Å²) < 4.78 is 64.0. The quantitative estimate of drug-likeness (QED) is 0.0696. The average molecular weight is 1340 g/mol. The molecule has 4 heterocycles. The Morgan fingerprint density at radius 1 is 0.527 bits per heavy atom. The van der Waals surface area contributed by atoms with Crippen molar-refractivity contribution in [1.82, 2.24) is 9.80 Å². The molecule has 4 atom stereocenters. The predicted molar refractivity (Wildman–Crippen MR) is 350 cm³/mol. The number of ether oxygens (including phenoxy) is 2. The molecule has 10 rings (SSSR count). The molecular formula is C67H74Cl4F4N8O8. The van der Waals surface area contributed by atoms with Crippen molar-refractivity contribution < 1.29 is 55.8 Å². The van der Waals surface area contributed by atoms with E-state index in [0.29, 0.717) is 101 Å². The van der Waals surface area contributed by atoms with Crippen molar-refractivity contribution >= 4 is 116 Å². The van der Waals surface area contributed by atoms with Crippen molar-refractivity contribution in [3.8, 4) is 0 Å². The molecule has 5 N–H and O–H groups in total. The number of rotatable bonds is 13. The van der Waals surface area contributed by atoms with Crippen LogP contribution in [0, 0.1) is 52.9 Å². The third-order valence-corrected chi connectivity index (χ3v) is 16.4. The molecule has 0 saturated carbocycles. The SMILES string of the molecule is CC(C)COC(=O)N1CCCC(C(=O)Nc2ccc(Cl)c(F)c2)C1.CCCOC(=O)N1CCCC(C(=O)Nc2ccc(Cl)c(F)c2)C1.CCN1CC(C(=O)Nc2ccc(Cl)c(F)c2)Cc2ccccc21.O=C(Nc1ccc(Cl)c(F)c1)C1CNc2ccccc2C1. The van der Waals surface area contributed by atoms with Crippen LogP contribution in [0.25, 0.3) is 0 Å². The van der Waals surface area contributed by atoms with Crippen LogP contribution < -0.4 is 31.5 Å². The molecule has 486 valence electrons. The molecule has 2 saturated heterocycles. The summed E-state index contributed by atoms with van der Waals surface area (Å²) in [6.07, 6.45) is 4.15. The van der Waals surface area contributed by atoms with E-state index in [1.165, 1.54) is 59.8 Å². The number of hydrogen-bond donors (Lipinski definition) is 5. The minimum absolute atomic E-state index is 0.00439. The number of carbonyl (C=O) groups excluding carboxylic acids is 6. The zero-order valence-corrected chi connectivity index (χ0v) is 53.9. The molecule has 4 unspecified atom stereocenters. The molecule has 0 radical (unpaired) electrons. The Kier molecular flexibility index (Phi) is 26.9. The largest absolute Gasteiger partial charge is 0.449 e. The van der Waals surface area contributed by atoms with Gasteiger partial charge < -0.3 is 50.8 Å². The summed E-state index contributed by atoms with van der Waals surface area (Å²) in [5.74, 6) is -3.71. The van der Waals surface area contributed by atoms with Gasteiger partial charge in [-0.25, -0.2) is 27.2 Å². The van der Waals surface area contributed by atoms with Gasteiger partial charge in [0.1, 0.15) is 23.3 Å². The van der Waals surface area contributed by atoms with Crippen molar-refractivity contribution in [3.63, 3.8) is 0 Å². The predicted octanol–water partition coefficient (Wildman–Crippen LogP) is 15.4. The van der Waals surface area contributed by atoms with Crippen LogP contribution in [0.5, 0.6) is 0 Å². The lowest BCUT2D eigenvalue weighted by molar-refractivity contribution is -0.122. The Balaban J connectivity index is 0.000000172. The number of carbonyl (C=O) groups is 6. The fraction of sp³-hybridized carbons (Fsp3) is 0.373. The Hall–Kier alpha value is -7.78. The van der Waals surface area contributed by atoms with Crippen molar-refractivity contribution in [3.05, 3.63) is 176 Å². The second-order valence-electron chi connectivity index (χ2n) is 22.6. The zero-order valence-electron chi connectivity index (χ0n) is 50.9. The second-order valence-corrected chi connectivity index (χ2v) is 24.3. The number of hydrogen-bond acceptors (Lipinski definition) is 10. The molecule has 4 aliphatic heterocycles. The van der Waals surface area contributed by atoms with Gasteiger partial charge in [0.15, 0.2) is 0 Å². The van der Waals surface area contributed by atoms with Crippen molar-refractivity contribution in [1.29, 1.82) is 0 Å². The van der Waals surface area contributed by atoms with Gasteiger partial charge in [-0.2, -0.15) is 0 Å². The first kappa shape index (κ1) is 70.7. The van der Waals surface area contributed by atoms with Gasteiger partial charge in [-0.05, 0) is 154 Å². The van der Waals surface area contributed by atoms with E-state index in [1.807, 2.05) is 57.2 Å². The maximum Gasteiger partial charge on any atom is 0.409 e. The number of benzene rings is 6. The number of fused-ring (bicyclic) bond motifs is 2. The highest BCUT2D eigenvalue weighted by Crippen LogP contribution is 2.32. The fourth-order valence-corrected chi connectivity index (χ4v) is 10.9. The van der Waals surface area contributed by atoms with E-state index < -0.39 is 29.4 Å². The minimum Gasteiger partial charge on any atom is -0.449 e. The Morgan fingerprint density at radius 2 is 0.934 bits per heavy atom. The molecule has 24 heteroatoms.